The van der Waals surface area contributed by atoms with Gasteiger partial charge >= 0.3 is 17.9 Å². The zero-order valence-corrected chi connectivity index (χ0v) is 52.6. The fraction of sp³-hybridized carbons (Fsp3) is 0.519. The molecule has 0 aliphatic rings. The Labute approximate surface area is 509 Å². The van der Waals surface area contributed by atoms with Crippen molar-refractivity contribution < 1.29 is 28.6 Å². The molecule has 6 nitrogen and oxygen atoms in total. The van der Waals surface area contributed by atoms with Crippen molar-refractivity contribution in [2.24, 2.45) is 0 Å². The number of hydrogen-bond acceptors (Lipinski definition) is 6. The summed E-state index contributed by atoms with van der Waals surface area (Å²) in [7, 11) is 0. The van der Waals surface area contributed by atoms with Gasteiger partial charge in [0.2, 0.25) is 0 Å². The van der Waals surface area contributed by atoms with E-state index in [1.54, 1.807) is 0 Å². The number of hydrogen-bond donors (Lipinski definition) is 0. The highest BCUT2D eigenvalue weighted by Gasteiger charge is 2.19. The molecule has 0 aliphatic carbocycles. The van der Waals surface area contributed by atoms with Gasteiger partial charge in [0.15, 0.2) is 6.10 Å². The summed E-state index contributed by atoms with van der Waals surface area (Å²) in [6.45, 7) is 6.27. The van der Waals surface area contributed by atoms with Crippen molar-refractivity contribution in [3.05, 3.63) is 207 Å². The second-order valence-electron chi connectivity index (χ2n) is 20.5. The molecule has 1 unspecified atom stereocenters. The van der Waals surface area contributed by atoms with Gasteiger partial charge in [0.05, 0.1) is 0 Å². The Morgan fingerprint density at radius 3 is 0.795 bits per heavy atom. The summed E-state index contributed by atoms with van der Waals surface area (Å²) in [6.07, 6.45) is 106. The first-order chi connectivity index (χ1) is 41.0. The second kappa shape index (κ2) is 68.5. The van der Waals surface area contributed by atoms with E-state index in [2.05, 4.69) is 227 Å². The third kappa shape index (κ3) is 66.7. The summed E-state index contributed by atoms with van der Waals surface area (Å²) in [4.78, 5) is 38.3. The van der Waals surface area contributed by atoms with Gasteiger partial charge in [-0.3, -0.25) is 14.4 Å². The Kier molecular flexibility index (Phi) is 63.5. The minimum absolute atomic E-state index is 0.135. The molecule has 0 aromatic rings. The summed E-state index contributed by atoms with van der Waals surface area (Å²) in [6, 6.07) is 0. The Bertz CT molecular complexity index is 2030. The van der Waals surface area contributed by atoms with E-state index in [4.69, 9.17) is 14.2 Å². The molecule has 460 valence electrons. The van der Waals surface area contributed by atoms with Crippen molar-refractivity contribution in [3.63, 3.8) is 0 Å². The number of unbranched alkanes of at least 4 members (excludes halogenated alkanes) is 11. The number of allylic oxidation sites excluding steroid dienone is 34. The van der Waals surface area contributed by atoms with Crippen LogP contribution in [0.15, 0.2) is 207 Å². The van der Waals surface area contributed by atoms with Gasteiger partial charge in [-0.2, -0.15) is 0 Å². The molecule has 6 heteroatoms. The van der Waals surface area contributed by atoms with E-state index in [1.807, 2.05) is 0 Å². The molecular weight excluding hydrogens is 1020 g/mol. The molecule has 0 aromatic heterocycles. The molecule has 1 atom stereocenters. The van der Waals surface area contributed by atoms with Crippen LogP contribution in [0.5, 0.6) is 0 Å². The molecule has 0 saturated carbocycles. The van der Waals surface area contributed by atoms with E-state index < -0.39 is 12.1 Å². The molecule has 0 bridgehead atoms. The van der Waals surface area contributed by atoms with Gasteiger partial charge in [0.25, 0.3) is 0 Å². The van der Waals surface area contributed by atoms with Gasteiger partial charge in [-0.05, 0) is 161 Å². The maximum atomic E-state index is 12.9. The average Bonchev–Trinajstić information content (AvgIpc) is 3.49. The third-order valence-corrected chi connectivity index (χ3v) is 12.8. The molecule has 0 aliphatic heterocycles. The van der Waals surface area contributed by atoms with Crippen LogP contribution in [0.25, 0.3) is 0 Å². The van der Waals surface area contributed by atoms with Crippen molar-refractivity contribution in [2.45, 2.75) is 245 Å². The number of rotatable bonds is 56. The number of carbonyl (C=O) groups is 3. The molecule has 0 spiro atoms. The highest BCUT2D eigenvalue weighted by molar-refractivity contribution is 5.71. The molecule has 0 aromatic carbocycles. The number of esters is 3. The lowest BCUT2D eigenvalue weighted by atomic mass is 10.1. The van der Waals surface area contributed by atoms with E-state index >= 15 is 0 Å². The molecule has 83 heavy (non-hydrogen) atoms. The van der Waals surface area contributed by atoms with Gasteiger partial charge in [0, 0.05) is 19.3 Å². The van der Waals surface area contributed by atoms with Crippen LogP contribution in [0.4, 0.5) is 0 Å². The standard InChI is InChI=1S/C77H116O6/c1-4-7-10-13-16-19-22-25-27-29-31-33-35-36-37-38-39-40-42-43-45-47-49-52-55-58-61-64-67-70-76(79)82-73-74(72-81-75(78)69-66-63-60-57-54-51-24-21-18-15-12-9-6-3)83-77(80)71-68-65-62-59-56-53-50-48-46-44-41-34-32-30-28-26-23-20-17-14-11-8-5-2/h7-8,10-11,16-17,19-21,24-28,31-34,36-37,39-40,43-46,49-50,52-53,58-59,61-62,74H,4-6,9,12-15,18,22-23,29-30,35,38,41-42,47-48,51,54-57,60,63-73H2,1-3H3/b10-7-,11-8-,19-16-,20-17-,24-21-,27-25-,28-26-,33-31-,34-32-,37-36-,40-39-,45-43-,46-44-,52-49-,53-50-,61-58-,62-59-. The monoisotopic (exact) mass is 1140 g/mol. The maximum Gasteiger partial charge on any atom is 0.306 e. The lowest BCUT2D eigenvalue weighted by molar-refractivity contribution is -0.167. The van der Waals surface area contributed by atoms with Crippen molar-refractivity contribution in [1.82, 2.24) is 0 Å². The summed E-state index contributed by atoms with van der Waals surface area (Å²) in [5.74, 6) is -1.08. The highest BCUT2D eigenvalue weighted by Crippen LogP contribution is 2.12. The summed E-state index contributed by atoms with van der Waals surface area (Å²) in [5.41, 5.74) is 0. The first-order valence-corrected chi connectivity index (χ1v) is 32.6. The summed E-state index contributed by atoms with van der Waals surface area (Å²) < 4.78 is 16.8. The minimum Gasteiger partial charge on any atom is -0.462 e. The topological polar surface area (TPSA) is 78.9 Å². The van der Waals surface area contributed by atoms with Gasteiger partial charge in [-0.15, -0.1) is 0 Å². The van der Waals surface area contributed by atoms with Crippen LogP contribution in [-0.2, 0) is 28.6 Å². The van der Waals surface area contributed by atoms with E-state index in [0.29, 0.717) is 19.3 Å². The first kappa shape index (κ1) is 77.0. The predicted molar refractivity (Wildman–Crippen MR) is 361 cm³/mol. The summed E-state index contributed by atoms with van der Waals surface area (Å²) >= 11 is 0. The quantitative estimate of drug-likeness (QED) is 0.0261. The van der Waals surface area contributed by atoms with Crippen LogP contribution in [0.2, 0.25) is 0 Å². The molecule has 0 heterocycles. The summed E-state index contributed by atoms with van der Waals surface area (Å²) in [5, 5.41) is 0. The second-order valence-corrected chi connectivity index (χ2v) is 20.5. The van der Waals surface area contributed by atoms with E-state index in [1.165, 1.54) is 38.5 Å². The van der Waals surface area contributed by atoms with Crippen LogP contribution in [0.3, 0.4) is 0 Å². The van der Waals surface area contributed by atoms with Crippen molar-refractivity contribution in [2.75, 3.05) is 13.2 Å². The molecule has 0 amide bonds. The van der Waals surface area contributed by atoms with E-state index in [9.17, 15) is 14.4 Å². The van der Waals surface area contributed by atoms with Gasteiger partial charge in [0.1, 0.15) is 13.2 Å². The highest BCUT2D eigenvalue weighted by atomic mass is 16.6. The molecular formula is C77H116O6. The van der Waals surface area contributed by atoms with Gasteiger partial charge < -0.3 is 14.2 Å². The maximum absolute atomic E-state index is 12.9. The molecule has 0 N–H and O–H groups in total. The largest absolute Gasteiger partial charge is 0.462 e. The van der Waals surface area contributed by atoms with Crippen LogP contribution >= 0.6 is 0 Å². The molecule has 0 rings (SSSR count). The smallest absolute Gasteiger partial charge is 0.306 e. The zero-order valence-electron chi connectivity index (χ0n) is 52.6. The number of carbonyl (C=O) groups excluding carboxylic acids is 3. The molecule has 0 radical (unpaired) electrons. The number of ether oxygens (including phenoxy) is 3. The minimum atomic E-state index is -0.850. The Hall–Kier alpha value is -6.01. The fourth-order valence-electron chi connectivity index (χ4n) is 7.96. The van der Waals surface area contributed by atoms with Crippen LogP contribution < -0.4 is 0 Å². The molecule has 0 saturated heterocycles. The van der Waals surface area contributed by atoms with Crippen molar-refractivity contribution >= 4 is 17.9 Å². The first-order valence-electron chi connectivity index (χ1n) is 32.6. The van der Waals surface area contributed by atoms with Gasteiger partial charge in [-0.1, -0.05) is 266 Å². The van der Waals surface area contributed by atoms with Crippen LogP contribution in [0.1, 0.15) is 239 Å². The third-order valence-electron chi connectivity index (χ3n) is 12.8. The Balaban J connectivity index is 4.58. The SMILES string of the molecule is CC/C=C\C/C=C\C/C=C\C/C=C\C/C=C\C/C=C\C/C=C\C/C=C\C/C=C\CCCC(=O)OCC(COC(=O)CCCCCCC/C=C\CCCCCC)OC(=O)CCC/C=C\C/C=C\C/C=C\C/C=C\C/C=C\C/C=C\C/C=C\CC. The zero-order chi connectivity index (χ0) is 59.9. The van der Waals surface area contributed by atoms with Crippen LogP contribution in [0, 0.1) is 0 Å². The predicted octanol–water partition coefficient (Wildman–Crippen LogP) is 22.8. The van der Waals surface area contributed by atoms with Crippen LogP contribution in [-0.4, -0.2) is 37.2 Å². The normalized spacial score (nSPS) is 13.5. The Morgan fingerprint density at radius 2 is 0.482 bits per heavy atom. The van der Waals surface area contributed by atoms with Crippen molar-refractivity contribution in [3.8, 4) is 0 Å². The Morgan fingerprint density at radius 1 is 0.253 bits per heavy atom. The lowest BCUT2D eigenvalue weighted by Gasteiger charge is -2.18. The van der Waals surface area contributed by atoms with E-state index in [0.717, 1.165) is 148 Å². The lowest BCUT2D eigenvalue weighted by Crippen LogP contribution is -2.30. The van der Waals surface area contributed by atoms with E-state index in [-0.39, 0.29) is 38.0 Å². The molecule has 0 fully saturated rings. The van der Waals surface area contributed by atoms with Crippen molar-refractivity contribution in [1.29, 1.82) is 0 Å². The fourth-order valence-corrected chi connectivity index (χ4v) is 7.96. The van der Waals surface area contributed by atoms with Gasteiger partial charge in [-0.25, -0.2) is 0 Å². The average molecular weight is 1140 g/mol.